The molecule has 0 spiro atoms. The third kappa shape index (κ3) is 5.71. The first kappa shape index (κ1) is 18.7. The molecule has 0 saturated carbocycles. The molecule has 1 fully saturated rings. The maximum absolute atomic E-state index is 12.2. The van der Waals surface area contributed by atoms with Crippen LogP contribution < -0.4 is 10.1 Å². The highest BCUT2D eigenvalue weighted by atomic mass is 16.5. The second kappa shape index (κ2) is 9.58. The molecule has 1 aromatic rings. The fraction of sp³-hybridized carbons (Fsp3) is 0.474. The molecule has 1 saturated heterocycles. The number of amides is 3. The quantitative estimate of drug-likeness (QED) is 0.797. The van der Waals surface area contributed by atoms with Crippen molar-refractivity contribution in [2.24, 2.45) is 0 Å². The van der Waals surface area contributed by atoms with Crippen LogP contribution in [0.25, 0.3) is 0 Å². The lowest BCUT2D eigenvalue weighted by Gasteiger charge is -2.34. The molecule has 1 aliphatic rings. The summed E-state index contributed by atoms with van der Waals surface area (Å²) in [4.78, 5) is 27.4. The van der Waals surface area contributed by atoms with Crippen molar-refractivity contribution in [1.82, 2.24) is 15.1 Å². The van der Waals surface area contributed by atoms with Crippen LogP contribution in [-0.4, -0.2) is 61.1 Å². The molecule has 134 valence electrons. The molecule has 0 aliphatic carbocycles. The minimum absolute atomic E-state index is 0.0717. The number of nitrogens with zero attached hydrogens (tertiary/aromatic N) is 2. The summed E-state index contributed by atoms with van der Waals surface area (Å²) in [5, 5.41) is 2.93. The van der Waals surface area contributed by atoms with Crippen LogP contribution >= 0.6 is 0 Å². The number of piperazine rings is 1. The zero-order valence-electron chi connectivity index (χ0n) is 14.7. The van der Waals surface area contributed by atoms with E-state index in [1.807, 2.05) is 36.1 Å². The Morgan fingerprint density at radius 1 is 1.16 bits per heavy atom. The van der Waals surface area contributed by atoms with Gasteiger partial charge < -0.3 is 19.9 Å². The number of urea groups is 1. The molecule has 0 aromatic heterocycles. The Hall–Kier alpha value is -2.68. The molecule has 1 N–H and O–H groups in total. The SMILES string of the molecule is C#CCOc1ccc(CCNC(=O)N2CCN(C(=O)CC)CC2)cc1. The summed E-state index contributed by atoms with van der Waals surface area (Å²) in [5.74, 6) is 3.31. The molecule has 25 heavy (non-hydrogen) atoms. The predicted octanol–water partition coefficient (Wildman–Crippen LogP) is 1.50. The molecule has 3 amide bonds. The van der Waals surface area contributed by atoms with Crippen LogP contribution in [0.4, 0.5) is 4.79 Å². The van der Waals surface area contributed by atoms with Crippen molar-refractivity contribution in [3.63, 3.8) is 0 Å². The van der Waals surface area contributed by atoms with Crippen LogP contribution in [0.2, 0.25) is 0 Å². The summed E-state index contributed by atoms with van der Waals surface area (Å²) in [5.41, 5.74) is 1.12. The van der Waals surface area contributed by atoms with Crippen molar-refractivity contribution < 1.29 is 14.3 Å². The number of carbonyl (C=O) groups is 2. The summed E-state index contributed by atoms with van der Waals surface area (Å²) in [6.45, 7) is 5.06. The van der Waals surface area contributed by atoms with E-state index in [9.17, 15) is 9.59 Å². The molecule has 1 aromatic carbocycles. The van der Waals surface area contributed by atoms with Crippen LogP contribution in [0.15, 0.2) is 24.3 Å². The van der Waals surface area contributed by atoms with Gasteiger partial charge in [0.05, 0.1) is 0 Å². The number of hydrogen-bond donors (Lipinski definition) is 1. The van der Waals surface area contributed by atoms with Gasteiger partial charge in [0.15, 0.2) is 0 Å². The van der Waals surface area contributed by atoms with Crippen molar-refractivity contribution >= 4 is 11.9 Å². The van der Waals surface area contributed by atoms with Crippen LogP contribution in [-0.2, 0) is 11.2 Å². The molecule has 0 atom stereocenters. The number of nitrogens with one attached hydrogen (secondary N) is 1. The number of hydrogen-bond acceptors (Lipinski definition) is 3. The Balaban J connectivity index is 1.69. The predicted molar refractivity (Wildman–Crippen MR) is 96.3 cm³/mol. The summed E-state index contributed by atoms with van der Waals surface area (Å²) >= 11 is 0. The van der Waals surface area contributed by atoms with Crippen LogP contribution in [0, 0.1) is 12.3 Å². The molecule has 6 nitrogen and oxygen atoms in total. The number of terminal acetylenes is 1. The first-order valence-corrected chi connectivity index (χ1v) is 8.59. The van der Waals surface area contributed by atoms with Crippen LogP contribution in [0.3, 0.4) is 0 Å². The highest BCUT2D eigenvalue weighted by molar-refractivity contribution is 5.77. The second-order valence-corrected chi connectivity index (χ2v) is 5.84. The van der Waals surface area contributed by atoms with Crippen LogP contribution in [0.5, 0.6) is 5.75 Å². The Morgan fingerprint density at radius 3 is 2.40 bits per heavy atom. The van der Waals surface area contributed by atoms with Gasteiger partial charge in [-0.2, -0.15) is 0 Å². The van der Waals surface area contributed by atoms with Gasteiger partial charge in [-0.3, -0.25) is 4.79 Å². The third-order valence-electron chi connectivity index (χ3n) is 4.16. The van der Waals surface area contributed by atoms with Crippen molar-refractivity contribution in [2.45, 2.75) is 19.8 Å². The van der Waals surface area contributed by atoms with E-state index in [1.54, 1.807) is 4.90 Å². The first-order valence-electron chi connectivity index (χ1n) is 8.59. The van der Waals surface area contributed by atoms with Crippen LogP contribution in [0.1, 0.15) is 18.9 Å². The van der Waals surface area contributed by atoms with Crippen molar-refractivity contribution in [1.29, 1.82) is 0 Å². The molecular weight excluding hydrogens is 318 g/mol. The Morgan fingerprint density at radius 2 is 1.80 bits per heavy atom. The maximum Gasteiger partial charge on any atom is 0.317 e. The third-order valence-corrected chi connectivity index (χ3v) is 4.16. The zero-order chi connectivity index (χ0) is 18.1. The van der Waals surface area contributed by atoms with E-state index < -0.39 is 0 Å². The molecule has 2 rings (SSSR count). The summed E-state index contributed by atoms with van der Waals surface area (Å²) in [6.07, 6.45) is 6.41. The molecular formula is C19H25N3O3. The number of carbonyl (C=O) groups excluding carboxylic acids is 2. The van der Waals surface area contributed by atoms with Gasteiger partial charge >= 0.3 is 6.03 Å². The molecule has 0 radical (unpaired) electrons. The van der Waals surface area contributed by atoms with Gasteiger partial charge in [0.25, 0.3) is 0 Å². The minimum atomic E-state index is -0.0717. The zero-order valence-corrected chi connectivity index (χ0v) is 14.7. The maximum atomic E-state index is 12.2. The van der Waals surface area contributed by atoms with Crippen molar-refractivity contribution in [2.75, 3.05) is 39.3 Å². The molecule has 1 heterocycles. The summed E-state index contributed by atoms with van der Waals surface area (Å²) in [6, 6.07) is 7.61. The lowest BCUT2D eigenvalue weighted by Crippen LogP contribution is -2.53. The lowest BCUT2D eigenvalue weighted by atomic mass is 10.1. The molecule has 0 bridgehead atoms. The summed E-state index contributed by atoms with van der Waals surface area (Å²) in [7, 11) is 0. The van der Waals surface area contributed by atoms with Gasteiger partial charge in [-0.15, -0.1) is 6.42 Å². The van der Waals surface area contributed by atoms with E-state index >= 15 is 0 Å². The average molecular weight is 343 g/mol. The van der Waals surface area contributed by atoms with E-state index in [-0.39, 0.29) is 18.5 Å². The topological polar surface area (TPSA) is 61.9 Å². The lowest BCUT2D eigenvalue weighted by molar-refractivity contribution is -0.132. The Labute approximate surface area is 149 Å². The number of ether oxygens (including phenoxy) is 1. The highest BCUT2D eigenvalue weighted by Crippen LogP contribution is 2.12. The van der Waals surface area contributed by atoms with E-state index in [4.69, 9.17) is 11.2 Å². The fourth-order valence-corrected chi connectivity index (χ4v) is 2.69. The van der Waals surface area contributed by atoms with E-state index in [1.165, 1.54) is 0 Å². The van der Waals surface area contributed by atoms with E-state index in [0.29, 0.717) is 39.1 Å². The van der Waals surface area contributed by atoms with Crippen molar-refractivity contribution in [3.05, 3.63) is 29.8 Å². The Kier molecular flexibility index (Phi) is 7.15. The highest BCUT2D eigenvalue weighted by Gasteiger charge is 2.22. The smallest absolute Gasteiger partial charge is 0.317 e. The van der Waals surface area contributed by atoms with Gasteiger partial charge in [-0.05, 0) is 24.1 Å². The average Bonchev–Trinajstić information content (AvgIpc) is 2.66. The molecule has 0 unspecified atom stereocenters. The second-order valence-electron chi connectivity index (χ2n) is 5.84. The molecule has 6 heteroatoms. The largest absolute Gasteiger partial charge is 0.481 e. The van der Waals surface area contributed by atoms with E-state index in [2.05, 4.69) is 11.2 Å². The van der Waals surface area contributed by atoms with Gasteiger partial charge in [-0.25, -0.2) is 4.79 Å². The Bertz CT molecular complexity index is 614. The monoisotopic (exact) mass is 343 g/mol. The summed E-state index contributed by atoms with van der Waals surface area (Å²) < 4.78 is 5.33. The van der Waals surface area contributed by atoms with Gasteiger partial charge in [-0.1, -0.05) is 25.0 Å². The fourth-order valence-electron chi connectivity index (χ4n) is 2.69. The number of rotatable bonds is 6. The standard InChI is InChI=1S/C19H25N3O3/c1-3-15-25-17-7-5-16(6-8-17)9-10-20-19(24)22-13-11-21(12-14-22)18(23)4-2/h1,5-8H,4,9-15H2,2H3,(H,20,24). The van der Waals surface area contributed by atoms with Gasteiger partial charge in [0, 0.05) is 39.1 Å². The van der Waals surface area contributed by atoms with Crippen molar-refractivity contribution in [3.8, 4) is 18.1 Å². The molecule has 1 aliphatic heterocycles. The minimum Gasteiger partial charge on any atom is -0.481 e. The van der Waals surface area contributed by atoms with Gasteiger partial charge in [0.2, 0.25) is 5.91 Å². The first-order chi connectivity index (χ1) is 12.1. The van der Waals surface area contributed by atoms with Gasteiger partial charge in [0.1, 0.15) is 12.4 Å². The normalized spacial score (nSPS) is 13.9. The van der Waals surface area contributed by atoms with E-state index in [0.717, 1.165) is 17.7 Å². The number of benzene rings is 1.